The van der Waals surface area contributed by atoms with Crippen LogP contribution in [-0.2, 0) is 9.53 Å². The van der Waals surface area contributed by atoms with E-state index in [0.717, 1.165) is 21.9 Å². The number of furan rings is 1. The maximum atomic E-state index is 12.1. The van der Waals surface area contributed by atoms with Gasteiger partial charge < -0.3 is 14.5 Å². The summed E-state index contributed by atoms with van der Waals surface area (Å²) in [5.74, 6) is -0.150. The van der Waals surface area contributed by atoms with Crippen molar-refractivity contribution in [3.63, 3.8) is 0 Å². The lowest BCUT2D eigenvalue weighted by Crippen LogP contribution is -2.10. The highest BCUT2D eigenvalue weighted by atomic mass is 79.9. The highest BCUT2D eigenvalue weighted by molar-refractivity contribution is 9.10. The van der Waals surface area contributed by atoms with Gasteiger partial charge in [0.1, 0.15) is 11.3 Å². The number of carbonyl (C=O) groups excluding carboxylic acids is 2. The van der Waals surface area contributed by atoms with Crippen molar-refractivity contribution in [2.75, 3.05) is 11.9 Å². The minimum Gasteiger partial charge on any atom is -0.462 e. The molecule has 0 saturated carbocycles. The number of carbonyl (C=O) groups is 2. The highest BCUT2D eigenvalue weighted by Gasteiger charge is 2.08. The number of benzene rings is 2. The molecule has 138 valence electrons. The first kappa shape index (κ1) is 18.9. The molecule has 5 nitrogen and oxygen atoms in total. The quantitative estimate of drug-likeness (QED) is 0.421. The first-order valence-corrected chi connectivity index (χ1v) is 9.30. The third kappa shape index (κ3) is 5.08. The van der Waals surface area contributed by atoms with Gasteiger partial charge in [0, 0.05) is 21.6 Å². The molecule has 0 atom stereocenters. The molecule has 0 spiro atoms. The summed E-state index contributed by atoms with van der Waals surface area (Å²) in [5.41, 5.74) is 1.66. The van der Waals surface area contributed by atoms with Crippen LogP contribution in [0.3, 0.4) is 0 Å². The molecule has 2 aromatic carbocycles. The third-order valence-electron chi connectivity index (χ3n) is 3.70. The third-order valence-corrected chi connectivity index (χ3v) is 4.19. The Morgan fingerprint density at radius 1 is 1.19 bits per heavy atom. The van der Waals surface area contributed by atoms with E-state index in [1.807, 2.05) is 31.2 Å². The Bertz CT molecular complexity index is 1010. The van der Waals surface area contributed by atoms with E-state index in [0.29, 0.717) is 23.6 Å². The van der Waals surface area contributed by atoms with E-state index in [9.17, 15) is 9.59 Å². The number of ether oxygens (including phenoxy) is 1. The van der Waals surface area contributed by atoms with Crippen LogP contribution in [0.15, 0.2) is 63.5 Å². The summed E-state index contributed by atoms with van der Waals surface area (Å²) in [5, 5.41) is 3.67. The monoisotopic (exact) mass is 427 g/mol. The molecule has 0 bridgehead atoms. The minimum absolute atomic E-state index is 0.323. The molecule has 6 heteroatoms. The lowest BCUT2D eigenvalue weighted by atomic mass is 10.2. The Labute approximate surface area is 165 Å². The van der Waals surface area contributed by atoms with Crippen molar-refractivity contribution in [2.24, 2.45) is 0 Å². The number of hydrogen-bond donors (Lipinski definition) is 1. The van der Waals surface area contributed by atoms with Gasteiger partial charge in [-0.1, -0.05) is 28.9 Å². The molecule has 3 aromatic rings. The predicted molar refractivity (Wildman–Crippen MR) is 109 cm³/mol. The fourth-order valence-corrected chi connectivity index (χ4v) is 2.84. The van der Waals surface area contributed by atoms with Gasteiger partial charge in [-0.2, -0.15) is 0 Å². The van der Waals surface area contributed by atoms with Gasteiger partial charge in [0.25, 0.3) is 0 Å². The summed E-state index contributed by atoms with van der Waals surface area (Å²) in [6, 6.07) is 14.2. The van der Waals surface area contributed by atoms with Crippen molar-refractivity contribution < 1.29 is 18.7 Å². The Kier molecular flexibility index (Phi) is 6.08. The zero-order chi connectivity index (χ0) is 19.2. The normalized spacial score (nSPS) is 11.0. The van der Waals surface area contributed by atoms with Crippen molar-refractivity contribution in [2.45, 2.75) is 13.3 Å². The zero-order valence-electron chi connectivity index (χ0n) is 14.7. The Balaban J connectivity index is 1.66. The fourth-order valence-electron chi connectivity index (χ4n) is 2.46. The average Bonchev–Trinajstić information content (AvgIpc) is 3.06. The zero-order valence-corrected chi connectivity index (χ0v) is 16.3. The van der Waals surface area contributed by atoms with E-state index in [1.54, 1.807) is 30.3 Å². The van der Waals surface area contributed by atoms with Crippen LogP contribution in [-0.4, -0.2) is 18.5 Å². The topological polar surface area (TPSA) is 68.5 Å². The van der Waals surface area contributed by atoms with Crippen molar-refractivity contribution in [3.8, 4) is 0 Å². The maximum absolute atomic E-state index is 12.1. The number of rotatable bonds is 6. The second-order valence-corrected chi connectivity index (χ2v) is 6.79. The van der Waals surface area contributed by atoms with Gasteiger partial charge in [-0.15, -0.1) is 0 Å². The fraction of sp³-hybridized carbons (Fsp3) is 0.143. The molecule has 1 amide bonds. The molecular formula is C21H18BrNO4. The molecule has 0 aliphatic rings. The van der Waals surface area contributed by atoms with Crippen LogP contribution in [0, 0.1) is 0 Å². The Hall–Kier alpha value is -2.86. The Morgan fingerprint density at radius 3 is 2.85 bits per heavy atom. The van der Waals surface area contributed by atoms with Crippen LogP contribution in [0.4, 0.5) is 5.69 Å². The molecule has 0 aliphatic heterocycles. The standard InChI is InChI=1S/C21H18BrNO4/c1-2-10-26-21(25)14-4-3-5-17(12-14)23-20(24)9-7-18-13-15-11-16(22)6-8-19(15)27-18/h3-9,11-13H,2,10H2,1H3,(H,23,24). The van der Waals surface area contributed by atoms with Crippen molar-refractivity contribution >= 4 is 50.5 Å². The number of amides is 1. The smallest absolute Gasteiger partial charge is 0.338 e. The highest BCUT2D eigenvalue weighted by Crippen LogP contribution is 2.24. The van der Waals surface area contributed by atoms with Gasteiger partial charge >= 0.3 is 5.97 Å². The number of nitrogens with one attached hydrogen (secondary N) is 1. The molecule has 0 fully saturated rings. The van der Waals surface area contributed by atoms with Crippen molar-refractivity contribution in [1.82, 2.24) is 0 Å². The number of anilines is 1. The maximum Gasteiger partial charge on any atom is 0.338 e. The van der Waals surface area contributed by atoms with E-state index >= 15 is 0 Å². The van der Waals surface area contributed by atoms with E-state index in [1.165, 1.54) is 6.08 Å². The van der Waals surface area contributed by atoms with Crippen LogP contribution in [0.5, 0.6) is 0 Å². The molecule has 0 aliphatic carbocycles. The minimum atomic E-state index is -0.406. The summed E-state index contributed by atoms with van der Waals surface area (Å²) in [6.45, 7) is 2.29. The van der Waals surface area contributed by atoms with Crippen LogP contribution >= 0.6 is 15.9 Å². The van der Waals surface area contributed by atoms with Gasteiger partial charge in [0.05, 0.1) is 12.2 Å². The average molecular weight is 428 g/mol. The molecule has 1 heterocycles. The van der Waals surface area contributed by atoms with E-state index in [2.05, 4.69) is 21.2 Å². The van der Waals surface area contributed by atoms with E-state index < -0.39 is 5.97 Å². The molecule has 0 saturated heterocycles. The molecule has 1 N–H and O–H groups in total. The van der Waals surface area contributed by atoms with Crippen LogP contribution in [0.1, 0.15) is 29.5 Å². The first-order valence-electron chi connectivity index (χ1n) is 8.50. The van der Waals surface area contributed by atoms with E-state index in [4.69, 9.17) is 9.15 Å². The number of halogens is 1. The van der Waals surface area contributed by atoms with Gasteiger partial charge in [-0.25, -0.2) is 4.79 Å². The van der Waals surface area contributed by atoms with Crippen LogP contribution in [0.25, 0.3) is 17.0 Å². The summed E-state index contributed by atoms with van der Waals surface area (Å²) in [6.07, 6.45) is 3.74. The molecule has 1 aromatic heterocycles. The summed E-state index contributed by atoms with van der Waals surface area (Å²) in [7, 11) is 0. The number of hydrogen-bond acceptors (Lipinski definition) is 4. The van der Waals surface area contributed by atoms with E-state index in [-0.39, 0.29) is 5.91 Å². The van der Waals surface area contributed by atoms with Gasteiger partial charge in [0.15, 0.2) is 0 Å². The molecule has 0 unspecified atom stereocenters. The summed E-state index contributed by atoms with van der Waals surface area (Å²) in [4.78, 5) is 24.0. The SMILES string of the molecule is CCCOC(=O)c1cccc(NC(=O)C=Cc2cc3cc(Br)ccc3o2)c1. The lowest BCUT2D eigenvalue weighted by molar-refractivity contribution is -0.111. The Morgan fingerprint density at radius 2 is 2.04 bits per heavy atom. The van der Waals surface area contributed by atoms with Crippen molar-refractivity contribution in [3.05, 3.63) is 70.4 Å². The van der Waals surface area contributed by atoms with Gasteiger partial charge in [-0.05, 0) is 55.0 Å². The second kappa shape index (κ2) is 8.68. The van der Waals surface area contributed by atoms with Gasteiger partial charge in [-0.3, -0.25) is 4.79 Å². The molecule has 27 heavy (non-hydrogen) atoms. The van der Waals surface area contributed by atoms with Gasteiger partial charge in [0.2, 0.25) is 5.91 Å². The summed E-state index contributed by atoms with van der Waals surface area (Å²) < 4.78 is 11.7. The second-order valence-electron chi connectivity index (χ2n) is 5.87. The first-order chi connectivity index (χ1) is 13.0. The van der Waals surface area contributed by atoms with Crippen LogP contribution < -0.4 is 5.32 Å². The predicted octanol–water partition coefficient (Wildman–Crippen LogP) is 5.41. The molecule has 3 rings (SSSR count). The number of fused-ring (bicyclic) bond motifs is 1. The lowest BCUT2D eigenvalue weighted by Gasteiger charge is -2.06. The van der Waals surface area contributed by atoms with Crippen LogP contribution in [0.2, 0.25) is 0 Å². The van der Waals surface area contributed by atoms with Crippen molar-refractivity contribution in [1.29, 1.82) is 0 Å². The molecule has 0 radical (unpaired) electrons. The number of esters is 1. The molecular weight excluding hydrogens is 410 g/mol. The summed E-state index contributed by atoms with van der Waals surface area (Å²) >= 11 is 3.41. The largest absolute Gasteiger partial charge is 0.462 e.